The van der Waals surface area contributed by atoms with Crippen LogP contribution in [0.3, 0.4) is 0 Å². The number of nitrogens with zero attached hydrogens (tertiary/aromatic N) is 3. The van der Waals surface area contributed by atoms with Crippen molar-refractivity contribution in [2.24, 2.45) is 13.0 Å². The summed E-state index contributed by atoms with van der Waals surface area (Å²) in [5, 5.41) is 11.5. The van der Waals surface area contributed by atoms with Crippen LogP contribution in [-0.4, -0.2) is 33.8 Å². The number of nitrogens with one attached hydrogen (secondary N) is 2. The first-order valence-electron chi connectivity index (χ1n) is 6.96. The predicted octanol–water partition coefficient (Wildman–Crippen LogP) is 1.21. The monoisotopic (exact) mass is 273 g/mol. The van der Waals surface area contributed by atoms with Crippen LogP contribution in [0.2, 0.25) is 0 Å². The van der Waals surface area contributed by atoms with Crippen molar-refractivity contribution in [3.05, 3.63) is 18.0 Å². The van der Waals surface area contributed by atoms with Gasteiger partial charge in [0.05, 0.1) is 23.5 Å². The molecule has 2 N–H and O–H groups in total. The molecule has 2 aromatic heterocycles. The van der Waals surface area contributed by atoms with E-state index in [-0.39, 0.29) is 11.8 Å². The molecule has 2 aromatic rings. The number of carbonyl (C=O) groups excluding carboxylic acids is 1. The average molecular weight is 273 g/mol. The Kier molecular flexibility index (Phi) is 3.40. The minimum absolute atomic E-state index is 0.0504. The van der Waals surface area contributed by atoms with E-state index in [4.69, 9.17) is 0 Å². The maximum atomic E-state index is 12.2. The van der Waals surface area contributed by atoms with Crippen LogP contribution in [0.15, 0.2) is 12.3 Å². The molecule has 0 aromatic carbocycles. The van der Waals surface area contributed by atoms with Crippen LogP contribution in [0.5, 0.6) is 0 Å². The summed E-state index contributed by atoms with van der Waals surface area (Å²) < 4.78 is 1.75. The second kappa shape index (κ2) is 5.20. The van der Waals surface area contributed by atoms with Gasteiger partial charge in [-0.3, -0.25) is 9.48 Å². The van der Waals surface area contributed by atoms with Crippen LogP contribution < -0.4 is 10.6 Å². The lowest BCUT2D eigenvalue weighted by atomic mass is 9.99. The average Bonchev–Trinajstić information content (AvgIpc) is 2.75. The molecular formula is C14H19N5O. The second-order valence-electron chi connectivity index (χ2n) is 5.34. The Morgan fingerprint density at radius 2 is 2.40 bits per heavy atom. The molecule has 106 valence electrons. The highest BCUT2D eigenvalue weighted by molar-refractivity contribution is 5.94. The zero-order valence-corrected chi connectivity index (χ0v) is 11.8. The molecule has 1 aliphatic rings. The molecule has 0 aliphatic carbocycles. The number of piperidine rings is 1. The molecule has 1 fully saturated rings. The smallest absolute Gasteiger partial charge is 0.228 e. The summed E-state index contributed by atoms with van der Waals surface area (Å²) >= 11 is 0. The molecule has 0 spiro atoms. The first-order chi connectivity index (χ1) is 9.65. The molecule has 1 saturated heterocycles. The first-order valence-corrected chi connectivity index (χ1v) is 6.96. The van der Waals surface area contributed by atoms with E-state index in [9.17, 15) is 4.79 Å². The Labute approximate surface area is 117 Å². The van der Waals surface area contributed by atoms with Gasteiger partial charge in [0.2, 0.25) is 5.91 Å². The van der Waals surface area contributed by atoms with E-state index in [0.29, 0.717) is 0 Å². The third-order valence-electron chi connectivity index (χ3n) is 3.80. The largest absolute Gasteiger partial charge is 0.324 e. The lowest BCUT2D eigenvalue weighted by Gasteiger charge is -2.21. The van der Waals surface area contributed by atoms with Gasteiger partial charge in [0, 0.05) is 19.0 Å². The van der Waals surface area contributed by atoms with Gasteiger partial charge in [0.15, 0.2) is 5.65 Å². The molecule has 0 saturated carbocycles. The molecule has 20 heavy (non-hydrogen) atoms. The molecule has 6 heteroatoms. The van der Waals surface area contributed by atoms with Crippen molar-refractivity contribution in [3.63, 3.8) is 0 Å². The fourth-order valence-electron chi connectivity index (χ4n) is 2.70. The molecule has 0 radical (unpaired) electrons. The number of amides is 1. The Hall–Kier alpha value is -1.95. The Balaban J connectivity index is 1.80. The van der Waals surface area contributed by atoms with Crippen molar-refractivity contribution >= 4 is 22.6 Å². The zero-order valence-electron chi connectivity index (χ0n) is 11.8. The number of carbonyl (C=O) groups is 1. The topological polar surface area (TPSA) is 71.8 Å². The van der Waals surface area contributed by atoms with Crippen molar-refractivity contribution in [3.8, 4) is 0 Å². The minimum atomic E-state index is 0.0504. The molecule has 0 bridgehead atoms. The van der Waals surface area contributed by atoms with E-state index in [0.717, 1.165) is 48.3 Å². The molecule has 1 amide bonds. The highest BCUT2D eigenvalue weighted by Gasteiger charge is 2.21. The van der Waals surface area contributed by atoms with Gasteiger partial charge in [0.1, 0.15) is 0 Å². The predicted molar refractivity (Wildman–Crippen MR) is 77.5 cm³/mol. The normalized spacial score (nSPS) is 19.2. The molecule has 1 aliphatic heterocycles. The summed E-state index contributed by atoms with van der Waals surface area (Å²) in [6.45, 7) is 3.71. The molecular weight excluding hydrogens is 254 g/mol. The van der Waals surface area contributed by atoms with Gasteiger partial charge in [-0.15, -0.1) is 0 Å². The first kappa shape index (κ1) is 13.1. The molecule has 3 rings (SSSR count). The number of fused-ring (bicyclic) bond motifs is 1. The number of hydrogen-bond acceptors (Lipinski definition) is 4. The Morgan fingerprint density at radius 1 is 1.55 bits per heavy atom. The van der Waals surface area contributed by atoms with Gasteiger partial charge in [-0.2, -0.15) is 5.10 Å². The second-order valence-corrected chi connectivity index (χ2v) is 5.34. The number of anilines is 1. The molecule has 3 heterocycles. The van der Waals surface area contributed by atoms with Crippen LogP contribution >= 0.6 is 0 Å². The summed E-state index contributed by atoms with van der Waals surface area (Å²) in [6.07, 6.45) is 3.69. The van der Waals surface area contributed by atoms with E-state index in [1.807, 2.05) is 20.0 Å². The third kappa shape index (κ3) is 2.38. The molecule has 6 nitrogen and oxygen atoms in total. The van der Waals surface area contributed by atoms with Crippen LogP contribution in [-0.2, 0) is 11.8 Å². The van der Waals surface area contributed by atoms with Gasteiger partial charge in [-0.1, -0.05) is 0 Å². The summed E-state index contributed by atoms with van der Waals surface area (Å²) in [5.41, 5.74) is 2.49. The van der Waals surface area contributed by atoms with Crippen LogP contribution in [0.25, 0.3) is 11.0 Å². The quantitative estimate of drug-likeness (QED) is 0.863. The van der Waals surface area contributed by atoms with Gasteiger partial charge < -0.3 is 10.6 Å². The summed E-state index contributed by atoms with van der Waals surface area (Å²) in [5.74, 6) is 0.120. The maximum Gasteiger partial charge on any atom is 0.228 e. The lowest BCUT2D eigenvalue weighted by Crippen LogP contribution is -2.37. The highest BCUT2D eigenvalue weighted by Crippen LogP contribution is 2.20. The Bertz CT molecular complexity index is 642. The lowest BCUT2D eigenvalue weighted by molar-refractivity contribution is -0.120. The Morgan fingerprint density at radius 3 is 3.15 bits per heavy atom. The summed E-state index contributed by atoms with van der Waals surface area (Å²) in [6, 6.07) is 1.94. The van der Waals surface area contributed by atoms with E-state index < -0.39 is 0 Å². The fraction of sp³-hybridized carbons (Fsp3) is 0.500. The number of pyridine rings is 1. The zero-order chi connectivity index (χ0) is 14.1. The van der Waals surface area contributed by atoms with E-state index >= 15 is 0 Å². The van der Waals surface area contributed by atoms with Gasteiger partial charge in [0.25, 0.3) is 0 Å². The van der Waals surface area contributed by atoms with Crippen LogP contribution in [0.4, 0.5) is 5.69 Å². The maximum absolute atomic E-state index is 12.2. The van der Waals surface area contributed by atoms with Gasteiger partial charge in [-0.25, -0.2) is 4.98 Å². The summed E-state index contributed by atoms with van der Waals surface area (Å²) in [7, 11) is 1.87. The van der Waals surface area contributed by atoms with Crippen molar-refractivity contribution < 1.29 is 4.79 Å². The highest BCUT2D eigenvalue weighted by atomic mass is 16.1. The molecule has 0 unspecified atom stereocenters. The SMILES string of the molecule is Cc1nn(C)c2ncc(NC(=O)[C@@H]3CCCNC3)cc12. The van der Waals surface area contributed by atoms with Gasteiger partial charge in [-0.05, 0) is 32.4 Å². The van der Waals surface area contributed by atoms with E-state index in [1.165, 1.54) is 0 Å². The standard InChI is InChI=1S/C14H19N5O/c1-9-12-6-11(8-16-13(12)19(2)18-9)17-14(20)10-4-3-5-15-7-10/h6,8,10,15H,3-5,7H2,1-2H3,(H,17,20)/t10-/m1/s1. The van der Waals surface area contributed by atoms with Crippen LogP contribution in [0, 0.1) is 12.8 Å². The van der Waals surface area contributed by atoms with Crippen LogP contribution in [0.1, 0.15) is 18.5 Å². The number of aromatic nitrogens is 3. The van der Waals surface area contributed by atoms with Crippen molar-refractivity contribution in [1.82, 2.24) is 20.1 Å². The minimum Gasteiger partial charge on any atom is -0.324 e. The van der Waals surface area contributed by atoms with Crippen molar-refractivity contribution in [2.45, 2.75) is 19.8 Å². The van der Waals surface area contributed by atoms with Crippen molar-refractivity contribution in [2.75, 3.05) is 18.4 Å². The van der Waals surface area contributed by atoms with E-state index in [2.05, 4.69) is 20.7 Å². The van der Waals surface area contributed by atoms with Gasteiger partial charge >= 0.3 is 0 Å². The van der Waals surface area contributed by atoms with Crippen molar-refractivity contribution in [1.29, 1.82) is 0 Å². The molecule has 1 atom stereocenters. The third-order valence-corrected chi connectivity index (χ3v) is 3.80. The number of aryl methyl sites for hydroxylation is 2. The number of hydrogen-bond donors (Lipinski definition) is 2. The number of rotatable bonds is 2. The fourth-order valence-corrected chi connectivity index (χ4v) is 2.70. The summed E-state index contributed by atoms with van der Waals surface area (Å²) in [4.78, 5) is 16.6. The van der Waals surface area contributed by atoms with E-state index in [1.54, 1.807) is 10.9 Å².